The maximum atomic E-state index is 13.2. The molecule has 1 atom stereocenters. The van der Waals surface area contributed by atoms with E-state index >= 15 is 0 Å². The van der Waals surface area contributed by atoms with Gasteiger partial charge in [0.2, 0.25) is 5.91 Å². The molecule has 0 aliphatic rings. The number of para-hydroxylation sites is 1. The Morgan fingerprint density at radius 3 is 2.17 bits per heavy atom. The number of amides is 1. The van der Waals surface area contributed by atoms with Gasteiger partial charge in [-0.25, -0.2) is 9.78 Å². The smallest absolute Gasteiger partial charge is 0.339 e. The molecule has 1 aromatic heterocycles. The zero-order valence-corrected chi connectivity index (χ0v) is 21.6. The molecule has 36 heavy (non-hydrogen) atoms. The number of carbonyl (C=O) groups excluding carboxylic acids is 2. The van der Waals surface area contributed by atoms with Crippen molar-refractivity contribution in [2.45, 2.75) is 37.6 Å². The standard InChI is InChI=1S/C29H29N3O3S/c1-5-24(27(33)30-23-9-7-6-8-22(23)28(34)35-4)36-29-31-25(20-14-10-18(2)11-15-20)26(32-29)21-16-12-19(3)13-17-21/h6-17,24H,5H2,1-4H3,(H,30,33)(H,31,32). The van der Waals surface area contributed by atoms with Crippen molar-refractivity contribution in [1.82, 2.24) is 9.97 Å². The summed E-state index contributed by atoms with van der Waals surface area (Å²) in [4.78, 5) is 33.6. The van der Waals surface area contributed by atoms with Crippen LogP contribution in [-0.4, -0.2) is 34.2 Å². The number of nitrogens with one attached hydrogen (secondary N) is 2. The summed E-state index contributed by atoms with van der Waals surface area (Å²) in [6.45, 7) is 6.06. The van der Waals surface area contributed by atoms with Crippen molar-refractivity contribution in [2.75, 3.05) is 12.4 Å². The van der Waals surface area contributed by atoms with Gasteiger partial charge in [-0.1, -0.05) is 90.5 Å². The van der Waals surface area contributed by atoms with Gasteiger partial charge in [0.05, 0.1) is 35.0 Å². The summed E-state index contributed by atoms with van der Waals surface area (Å²) in [5.74, 6) is -0.702. The van der Waals surface area contributed by atoms with Crippen LogP contribution in [0.5, 0.6) is 0 Å². The minimum Gasteiger partial charge on any atom is -0.465 e. The molecule has 0 bridgehead atoms. The van der Waals surface area contributed by atoms with Crippen molar-refractivity contribution in [3.63, 3.8) is 0 Å². The third kappa shape index (κ3) is 5.69. The Morgan fingerprint density at radius 1 is 0.944 bits per heavy atom. The highest BCUT2D eigenvalue weighted by Crippen LogP contribution is 2.35. The number of aryl methyl sites for hydroxylation is 2. The van der Waals surface area contributed by atoms with Gasteiger partial charge < -0.3 is 15.0 Å². The molecular weight excluding hydrogens is 470 g/mol. The molecule has 3 aromatic carbocycles. The Hall–Kier alpha value is -3.84. The fourth-order valence-electron chi connectivity index (χ4n) is 3.81. The van der Waals surface area contributed by atoms with Gasteiger partial charge in [0.15, 0.2) is 5.16 Å². The van der Waals surface area contributed by atoms with E-state index in [9.17, 15) is 9.59 Å². The first-order chi connectivity index (χ1) is 17.4. The largest absolute Gasteiger partial charge is 0.465 e. The van der Waals surface area contributed by atoms with Crippen molar-refractivity contribution in [3.8, 4) is 22.5 Å². The molecule has 6 nitrogen and oxygen atoms in total. The molecule has 0 spiro atoms. The Bertz CT molecular complexity index is 1300. The van der Waals surface area contributed by atoms with Gasteiger partial charge in [0.25, 0.3) is 0 Å². The Morgan fingerprint density at radius 2 is 1.56 bits per heavy atom. The second kappa shape index (κ2) is 11.3. The average molecular weight is 500 g/mol. The number of nitrogens with zero attached hydrogens (tertiary/aromatic N) is 1. The molecular formula is C29H29N3O3S. The Kier molecular flexibility index (Phi) is 7.90. The second-order valence-corrected chi connectivity index (χ2v) is 9.73. The van der Waals surface area contributed by atoms with Gasteiger partial charge in [-0.05, 0) is 32.4 Å². The third-order valence-corrected chi connectivity index (χ3v) is 7.10. The molecule has 0 aliphatic carbocycles. The molecule has 0 aliphatic heterocycles. The van der Waals surface area contributed by atoms with Crippen molar-refractivity contribution >= 4 is 29.3 Å². The van der Waals surface area contributed by atoms with Gasteiger partial charge in [-0.3, -0.25) is 4.79 Å². The number of hydrogen-bond donors (Lipinski definition) is 2. The minimum atomic E-state index is -0.497. The molecule has 0 saturated heterocycles. The molecule has 1 unspecified atom stereocenters. The first-order valence-corrected chi connectivity index (χ1v) is 12.7. The molecule has 4 aromatic rings. The monoisotopic (exact) mass is 499 g/mol. The van der Waals surface area contributed by atoms with Gasteiger partial charge in [-0.2, -0.15) is 0 Å². The number of ether oxygens (including phenoxy) is 1. The van der Waals surface area contributed by atoms with Gasteiger partial charge in [0.1, 0.15) is 0 Å². The third-order valence-electron chi connectivity index (χ3n) is 5.85. The highest BCUT2D eigenvalue weighted by Gasteiger charge is 2.23. The lowest BCUT2D eigenvalue weighted by Gasteiger charge is -2.15. The van der Waals surface area contributed by atoms with Crippen LogP contribution in [0, 0.1) is 13.8 Å². The van der Waals surface area contributed by atoms with Crippen molar-refractivity contribution < 1.29 is 14.3 Å². The summed E-state index contributed by atoms with van der Waals surface area (Å²) < 4.78 is 4.85. The van der Waals surface area contributed by atoms with Crippen molar-refractivity contribution in [2.24, 2.45) is 0 Å². The number of benzene rings is 3. The number of imidazole rings is 1. The van der Waals surface area contributed by atoms with E-state index in [-0.39, 0.29) is 5.91 Å². The van der Waals surface area contributed by atoms with Crippen LogP contribution in [0.15, 0.2) is 78.0 Å². The summed E-state index contributed by atoms with van der Waals surface area (Å²) in [5, 5.41) is 3.13. The maximum absolute atomic E-state index is 13.2. The number of H-pyrrole nitrogens is 1. The Balaban J connectivity index is 1.63. The first kappa shape index (κ1) is 25.3. The van der Waals surface area contributed by atoms with Gasteiger partial charge in [0, 0.05) is 11.1 Å². The predicted octanol–water partition coefficient (Wildman–Crippen LogP) is 6.66. The molecule has 0 radical (unpaired) electrons. The number of methoxy groups -OCH3 is 1. The Labute approximate surface area is 215 Å². The summed E-state index contributed by atoms with van der Waals surface area (Å²) in [5.41, 5.74) is 6.88. The molecule has 2 N–H and O–H groups in total. The normalized spacial score (nSPS) is 11.7. The van der Waals surface area contributed by atoms with Crippen LogP contribution >= 0.6 is 11.8 Å². The van der Waals surface area contributed by atoms with Gasteiger partial charge in [-0.15, -0.1) is 0 Å². The summed E-state index contributed by atoms with van der Waals surface area (Å²) in [6.07, 6.45) is 0.581. The lowest BCUT2D eigenvalue weighted by Crippen LogP contribution is -2.25. The highest BCUT2D eigenvalue weighted by molar-refractivity contribution is 8.00. The lowest BCUT2D eigenvalue weighted by atomic mass is 10.0. The summed E-state index contributed by atoms with van der Waals surface area (Å²) >= 11 is 1.37. The number of carbonyl (C=O) groups is 2. The van der Waals surface area contributed by atoms with E-state index in [0.29, 0.717) is 22.8 Å². The quantitative estimate of drug-likeness (QED) is 0.209. The molecule has 184 valence electrons. The molecule has 0 saturated carbocycles. The van der Waals surface area contributed by atoms with Crippen LogP contribution in [-0.2, 0) is 9.53 Å². The van der Waals surface area contributed by atoms with E-state index in [2.05, 4.69) is 72.7 Å². The van der Waals surface area contributed by atoms with Crippen LogP contribution in [0.25, 0.3) is 22.5 Å². The maximum Gasteiger partial charge on any atom is 0.339 e. The lowest BCUT2D eigenvalue weighted by molar-refractivity contribution is -0.115. The molecule has 4 rings (SSSR count). The zero-order chi connectivity index (χ0) is 25.7. The van der Waals surface area contributed by atoms with E-state index < -0.39 is 11.2 Å². The average Bonchev–Trinajstić information content (AvgIpc) is 3.31. The molecule has 7 heteroatoms. The molecule has 0 fully saturated rings. The number of aromatic nitrogens is 2. The number of aromatic amines is 1. The number of thioether (sulfide) groups is 1. The number of anilines is 1. The van der Waals surface area contributed by atoms with E-state index in [1.807, 2.05) is 6.92 Å². The molecule has 1 heterocycles. The fraction of sp³-hybridized carbons (Fsp3) is 0.207. The minimum absolute atomic E-state index is 0.205. The van der Waals surface area contributed by atoms with Crippen LogP contribution in [0.2, 0.25) is 0 Å². The number of esters is 1. The molecule has 1 amide bonds. The van der Waals surface area contributed by atoms with E-state index in [1.54, 1.807) is 24.3 Å². The van der Waals surface area contributed by atoms with Crippen LogP contribution < -0.4 is 5.32 Å². The van der Waals surface area contributed by atoms with Crippen molar-refractivity contribution in [1.29, 1.82) is 0 Å². The van der Waals surface area contributed by atoms with Crippen LogP contribution in [0.4, 0.5) is 5.69 Å². The highest BCUT2D eigenvalue weighted by atomic mass is 32.2. The summed E-state index contributed by atoms with van der Waals surface area (Å²) in [7, 11) is 1.32. The first-order valence-electron chi connectivity index (χ1n) is 11.8. The van der Waals surface area contributed by atoms with Crippen molar-refractivity contribution in [3.05, 3.63) is 89.5 Å². The van der Waals surface area contributed by atoms with Gasteiger partial charge >= 0.3 is 5.97 Å². The second-order valence-electron chi connectivity index (χ2n) is 8.54. The SMILES string of the molecule is CCC(Sc1nc(-c2ccc(C)cc2)c(-c2ccc(C)cc2)[nH]1)C(=O)Nc1ccccc1C(=O)OC. The fourth-order valence-corrected chi connectivity index (χ4v) is 4.71. The topological polar surface area (TPSA) is 84.1 Å². The van der Waals surface area contributed by atoms with Crippen LogP contribution in [0.3, 0.4) is 0 Å². The number of hydrogen-bond acceptors (Lipinski definition) is 5. The van der Waals surface area contributed by atoms with Crippen LogP contribution in [0.1, 0.15) is 34.8 Å². The summed E-state index contributed by atoms with van der Waals surface area (Å²) in [6, 6.07) is 23.4. The number of rotatable bonds is 8. The van der Waals surface area contributed by atoms with E-state index in [1.165, 1.54) is 30.0 Å². The predicted molar refractivity (Wildman–Crippen MR) is 145 cm³/mol. The van der Waals surface area contributed by atoms with E-state index in [4.69, 9.17) is 9.72 Å². The zero-order valence-electron chi connectivity index (χ0n) is 20.8. The van der Waals surface area contributed by atoms with E-state index in [0.717, 1.165) is 22.5 Å².